The molecule has 1 amide bonds. The number of aryl methyl sites for hydroxylation is 1. The molecule has 0 bridgehead atoms. The lowest BCUT2D eigenvalue weighted by Crippen LogP contribution is -2.57. The number of piperidine rings is 1. The van der Waals surface area contributed by atoms with E-state index >= 15 is 0 Å². The minimum Gasteiger partial charge on any atom is -0.396 e. The molecule has 168 valence electrons. The SMILES string of the molecule is Cc1cccc(N(CC(=O)N2CC[C@H](O)[C@](CO)(Cc3ccccc3)C2)S(C)(=O)=O)c1. The van der Waals surface area contributed by atoms with E-state index in [0.29, 0.717) is 25.1 Å². The fourth-order valence-corrected chi connectivity index (χ4v) is 5.00. The summed E-state index contributed by atoms with van der Waals surface area (Å²) in [7, 11) is -3.68. The minimum absolute atomic E-state index is 0.157. The van der Waals surface area contributed by atoms with E-state index in [1.807, 2.05) is 43.3 Å². The molecule has 1 fully saturated rings. The highest BCUT2D eigenvalue weighted by molar-refractivity contribution is 7.92. The van der Waals surface area contributed by atoms with Gasteiger partial charge < -0.3 is 15.1 Å². The van der Waals surface area contributed by atoms with Crippen molar-refractivity contribution in [3.05, 3.63) is 65.7 Å². The topological polar surface area (TPSA) is 98.2 Å². The second-order valence-corrected chi connectivity index (χ2v) is 10.3. The number of benzene rings is 2. The van der Waals surface area contributed by atoms with Crippen molar-refractivity contribution in [3.8, 4) is 0 Å². The Morgan fingerprint density at radius 2 is 1.90 bits per heavy atom. The number of aliphatic hydroxyl groups is 2. The first-order valence-electron chi connectivity index (χ1n) is 10.3. The summed E-state index contributed by atoms with van der Waals surface area (Å²) in [5.41, 5.74) is 1.39. The quantitative estimate of drug-likeness (QED) is 0.673. The second-order valence-electron chi connectivity index (χ2n) is 8.41. The third-order valence-electron chi connectivity index (χ3n) is 5.92. The maximum atomic E-state index is 13.1. The largest absolute Gasteiger partial charge is 0.396 e. The summed E-state index contributed by atoms with van der Waals surface area (Å²) in [5.74, 6) is -0.357. The molecule has 1 aliphatic heterocycles. The van der Waals surface area contributed by atoms with E-state index in [4.69, 9.17) is 0 Å². The van der Waals surface area contributed by atoms with Gasteiger partial charge in [-0.15, -0.1) is 0 Å². The van der Waals surface area contributed by atoms with Gasteiger partial charge in [0.2, 0.25) is 15.9 Å². The Kier molecular flexibility index (Phi) is 7.03. The van der Waals surface area contributed by atoms with Crippen LogP contribution in [0.4, 0.5) is 5.69 Å². The molecule has 1 saturated heterocycles. The summed E-state index contributed by atoms with van der Waals surface area (Å²) in [6, 6.07) is 16.5. The molecule has 0 aromatic heterocycles. The minimum atomic E-state index is -3.68. The predicted octanol–water partition coefficient (Wildman–Crippen LogP) is 1.58. The molecular weight excluding hydrogens is 416 g/mol. The van der Waals surface area contributed by atoms with Crippen LogP contribution in [0.1, 0.15) is 17.5 Å². The third-order valence-corrected chi connectivity index (χ3v) is 7.06. The highest BCUT2D eigenvalue weighted by atomic mass is 32.2. The Balaban J connectivity index is 1.81. The Labute approximate surface area is 184 Å². The van der Waals surface area contributed by atoms with Crippen LogP contribution in [0.2, 0.25) is 0 Å². The van der Waals surface area contributed by atoms with Gasteiger partial charge in [-0.05, 0) is 43.0 Å². The first-order valence-corrected chi connectivity index (χ1v) is 12.1. The monoisotopic (exact) mass is 446 g/mol. The molecule has 2 atom stereocenters. The van der Waals surface area contributed by atoms with E-state index < -0.39 is 21.5 Å². The molecule has 1 aliphatic rings. The summed E-state index contributed by atoms with van der Waals surface area (Å²) in [4.78, 5) is 14.7. The molecule has 0 radical (unpaired) electrons. The van der Waals surface area contributed by atoms with Crippen LogP contribution in [0.25, 0.3) is 0 Å². The van der Waals surface area contributed by atoms with Crippen molar-refractivity contribution in [3.63, 3.8) is 0 Å². The van der Waals surface area contributed by atoms with Crippen molar-refractivity contribution in [2.45, 2.75) is 25.9 Å². The van der Waals surface area contributed by atoms with Gasteiger partial charge in [-0.3, -0.25) is 9.10 Å². The van der Waals surface area contributed by atoms with Crippen LogP contribution in [0.3, 0.4) is 0 Å². The van der Waals surface area contributed by atoms with Crippen LogP contribution in [-0.2, 0) is 21.2 Å². The lowest BCUT2D eigenvalue weighted by molar-refractivity contribution is -0.140. The number of carbonyl (C=O) groups is 1. The molecule has 0 saturated carbocycles. The molecule has 2 aromatic carbocycles. The van der Waals surface area contributed by atoms with Crippen molar-refractivity contribution >= 4 is 21.6 Å². The van der Waals surface area contributed by atoms with Crippen LogP contribution in [0, 0.1) is 12.3 Å². The summed E-state index contributed by atoms with van der Waals surface area (Å²) in [6.45, 7) is 1.72. The van der Waals surface area contributed by atoms with Gasteiger partial charge >= 0.3 is 0 Å². The van der Waals surface area contributed by atoms with Crippen molar-refractivity contribution in [1.82, 2.24) is 4.90 Å². The maximum absolute atomic E-state index is 13.1. The second kappa shape index (κ2) is 9.38. The van der Waals surface area contributed by atoms with Gasteiger partial charge in [0.05, 0.1) is 24.7 Å². The van der Waals surface area contributed by atoms with Gasteiger partial charge in [0.1, 0.15) is 6.54 Å². The molecule has 0 aliphatic carbocycles. The highest BCUT2D eigenvalue weighted by Gasteiger charge is 2.44. The fraction of sp³-hybridized carbons (Fsp3) is 0.435. The van der Waals surface area contributed by atoms with Crippen molar-refractivity contribution in [2.75, 3.05) is 36.8 Å². The Morgan fingerprint density at radius 3 is 2.52 bits per heavy atom. The zero-order valence-corrected chi connectivity index (χ0v) is 18.8. The molecule has 3 rings (SSSR count). The lowest BCUT2D eigenvalue weighted by Gasteiger charge is -2.45. The van der Waals surface area contributed by atoms with E-state index in [1.165, 1.54) is 0 Å². The van der Waals surface area contributed by atoms with Gasteiger partial charge in [-0.2, -0.15) is 0 Å². The van der Waals surface area contributed by atoms with Crippen LogP contribution >= 0.6 is 0 Å². The van der Waals surface area contributed by atoms with E-state index in [2.05, 4.69) is 0 Å². The van der Waals surface area contributed by atoms with Crippen LogP contribution in [-0.4, -0.2) is 68.0 Å². The summed E-state index contributed by atoms with van der Waals surface area (Å²) in [6.07, 6.45) is 1.06. The van der Waals surface area contributed by atoms with Gasteiger partial charge in [0.15, 0.2) is 0 Å². The number of rotatable bonds is 7. The third kappa shape index (κ3) is 5.44. The Bertz CT molecular complexity index is 1010. The van der Waals surface area contributed by atoms with Crippen LogP contribution in [0.5, 0.6) is 0 Å². The number of carbonyl (C=O) groups excluding carboxylic acids is 1. The summed E-state index contributed by atoms with van der Waals surface area (Å²) < 4.78 is 25.9. The lowest BCUT2D eigenvalue weighted by atomic mass is 9.73. The number of anilines is 1. The molecular formula is C23H30N2O5S. The smallest absolute Gasteiger partial charge is 0.243 e. The van der Waals surface area contributed by atoms with Crippen molar-refractivity contribution in [1.29, 1.82) is 0 Å². The number of likely N-dealkylation sites (tertiary alicyclic amines) is 1. The summed E-state index contributed by atoms with van der Waals surface area (Å²) in [5, 5.41) is 20.9. The Morgan fingerprint density at radius 1 is 1.19 bits per heavy atom. The number of hydrogen-bond donors (Lipinski definition) is 2. The first kappa shape index (κ1) is 23.2. The normalized spacial score (nSPS) is 21.7. The number of sulfonamides is 1. The number of amides is 1. The van der Waals surface area contributed by atoms with E-state index in [-0.39, 0.29) is 25.6 Å². The van der Waals surface area contributed by atoms with E-state index in [1.54, 1.807) is 23.1 Å². The Hall–Kier alpha value is -2.42. The van der Waals surface area contributed by atoms with Crippen molar-refractivity contribution < 1.29 is 23.4 Å². The van der Waals surface area contributed by atoms with E-state index in [9.17, 15) is 23.4 Å². The first-order chi connectivity index (χ1) is 14.6. The predicted molar refractivity (Wildman–Crippen MR) is 120 cm³/mol. The molecule has 31 heavy (non-hydrogen) atoms. The molecule has 2 aromatic rings. The van der Waals surface area contributed by atoms with Crippen LogP contribution < -0.4 is 4.31 Å². The molecule has 8 heteroatoms. The molecule has 0 spiro atoms. The highest BCUT2D eigenvalue weighted by Crippen LogP contribution is 2.34. The number of aliphatic hydroxyl groups excluding tert-OH is 2. The van der Waals surface area contributed by atoms with Crippen LogP contribution in [0.15, 0.2) is 54.6 Å². The van der Waals surface area contributed by atoms with E-state index in [0.717, 1.165) is 21.7 Å². The van der Waals surface area contributed by atoms with Crippen molar-refractivity contribution in [2.24, 2.45) is 5.41 Å². The zero-order valence-electron chi connectivity index (χ0n) is 17.9. The summed E-state index contributed by atoms with van der Waals surface area (Å²) >= 11 is 0. The van der Waals surface area contributed by atoms with Gasteiger partial charge in [-0.1, -0.05) is 42.5 Å². The van der Waals surface area contributed by atoms with Gasteiger partial charge in [-0.25, -0.2) is 8.42 Å². The molecule has 7 nitrogen and oxygen atoms in total. The fourth-order valence-electron chi connectivity index (χ4n) is 4.16. The van der Waals surface area contributed by atoms with Gasteiger partial charge in [0.25, 0.3) is 0 Å². The van der Waals surface area contributed by atoms with Gasteiger partial charge in [0, 0.05) is 18.5 Å². The molecule has 1 heterocycles. The molecule has 0 unspecified atom stereocenters. The number of nitrogens with zero attached hydrogens (tertiary/aromatic N) is 2. The molecule has 2 N–H and O–H groups in total. The maximum Gasteiger partial charge on any atom is 0.243 e. The zero-order chi connectivity index (χ0) is 22.6. The average molecular weight is 447 g/mol. The average Bonchev–Trinajstić information content (AvgIpc) is 2.73. The number of hydrogen-bond acceptors (Lipinski definition) is 5. The standard InChI is InChI=1S/C23H30N2O5S/c1-18-7-6-10-20(13-18)25(31(2,29)30)15-22(28)24-12-11-21(27)23(16-24,17-26)14-19-8-4-3-5-9-19/h3-10,13,21,26-27H,11-12,14-17H2,1-2H3/t21-,23+/m0/s1.